The summed E-state index contributed by atoms with van der Waals surface area (Å²) in [6, 6.07) is 1.42. The molecule has 0 atom stereocenters. The minimum Gasteiger partial charge on any atom is -0.505 e. The van der Waals surface area contributed by atoms with Crippen LogP contribution in [-0.4, -0.2) is 32.2 Å². The molecule has 94 valence electrons. The number of aromatic nitrogens is 1. The lowest BCUT2D eigenvalue weighted by Crippen LogP contribution is -2.57. The molecule has 1 rings (SSSR count). The van der Waals surface area contributed by atoms with E-state index >= 15 is 0 Å². The highest BCUT2D eigenvalue weighted by atomic mass is 16.3. The van der Waals surface area contributed by atoms with E-state index in [-0.39, 0.29) is 11.3 Å². The van der Waals surface area contributed by atoms with Crippen LogP contribution in [0.2, 0.25) is 0 Å². The Bertz CT molecular complexity index is 422. The summed E-state index contributed by atoms with van der Waals surface area (Å²) in [6.45, 7) is 6.64. The first-order chi connectivity index (χ1) is 7.65. The fraction of sp³-hybridized carbons (Fsp3) is 0.500. The van der Waals surface area contributed by atoms with Crippen molar-refractivity contribution in [2.75, 3.05) is 0 Å². The number of nitrogens with one attached hydrogen (secondary N) is 1. The SMILES string of the molecule is CC(C)(O)C(C)(C)NC(=O)c1ccncc1O. The minimum atomic E-state index is -1.08. The van der Waals surface area contributed by atoms with Gasteiger partial charge in [-0.05, 0) is 33.8 Å². The Morgan fingerprint density at radius 3 is 2.41 bits per heavy atom. The number of aromatic hydroxyl groups is 1. The molecule has 1 amide bonds. The van der Waals surface area contributed by atoms with Gasteiger partial charge in [0, 0.05) is 6.20 Å². The van der Waals surface area contributed by atoms with Crippen molar-refractivity contribution in [2.45, 2.75) is 38.8 Å². The van der Waals surface area contributed by atoms with Gasteiger partial charge in [-0.15, -0.1) is 0 Å². The Morgan fingerprint density at radius 1 is 1.35 bits per heavy atom. The van der Waals surface area contributed by atoms with Crippen LogP contribution in [0.5, 0.6) is 5.75 Å². The lowest BCUT2D eigenvalue weighted by Gasteiger charge is -2.38. The van der Waals surface area contributed by atoms with Crippen LogP contribution in [0.15, 0.2) is 18.5 Å². The summed E-state index contributed by atoms with van der Waals surface area (Å²) in [5.74, 6) is -0.631. The van der Waals surface area contributed by atoms with Gasteiger partial charge in [0.15, 0.2) is 0 Å². The summed E-state index contributed by atoms with van der Waals surface area (Å²) in [4.78, 5) is 15.6. The fourth-order valence-electron chi connectivity index (χ4n) is 1.08. The van der Waals surface area contributed by atoms with Gasteiger partial charge < -0.3 is 15.5 Å². The minimum absolute atomic E-state index is 0.136. The molecule has 0 fully saturated rings. The van der Waals surface area contributed by atoms with E-state index in [1.165, 1.54) is 18.5 Å². The second kappa shape index (κ2) is 4.33. The van der Waals surface area contributed by atoms with E-state index < -0.39 is 17.0 Å². The molecule has 0 spiro atoms. The van der Waals surface area contributed by atoms with E-state index in [1.54, 1.807) is 27.7 Å². The average Bonchev–Trinajstić information content (AvgIpc) is 2.15. The maximum absolute atomic E-state index is 11.9. The standard InChI is InChI=1S/C12H18N2O3/c1-11(2,12(3,4)17)14-10(16)8-5-6-13-7-9(8)15/h5-7,15,17H,1-4H3,(H,14,16). The molecule has 5 heteroatoms. The molecule has 0 aliphatic heterocycles. The number of amides is 1. The van der Waals surface area contributed by atoms with Gasteiger partial charge >= 0.3 is 0 Å². The van der Waals surface area contributed by atoms with Crippen molar-refractivity contribution in [2.24, 2.45) is 0 Å². The van der Waals surface area contributed by atoms with Gasteiger partial charge in [0.05, 0.1) is 22.9 Å². The number of nitrogens with zero attached hydrogens (tertiary/aromatic N) is 1. The van der Waals surface area contributed by atoms with E-state index in [4.69, 9.17) is 0 Å². The first-order valence-electron chi connectivity index (χ1n) is 5.33. The van der Waals surface area contributed by atoms with E-state index in [0.717, 1.165) is 0 Å². The number of rotatable bonds is 3. The predicted molar refractivity (Wildman–Crippen MR) is 63.7 cm³/mol. The van der Waals surface area contributed by atoms with Gasteiger partial charge in [0.2, 0.25) is 0 Å². The number of carbonyl (C=O) groups excluding carboxylic acids is 1. The molecule has 5 nitrogen and oxygen atoms in total. The van der Waals surface area contributed by atoms with Gasteiger partial charge in [0.25, 0.3) is 5.91 Å². The molecule has 1 aromatic heterocycles. The second-order valence-corrected chi connectivity index (χ2v) is 5.03. The highest BCUT2D eigenvalue weighted by Crippen LogP contribution is 2.22. The molecule has 0 saturated heterocycles. The zero-order chi connectivity index (χ0) is 13.3. The van der Waals surface area contributed by atoms with Gasteiger partial charge in [0.1, 0.15) is 5.75 Å². The van der Waals surface area contributed by atoms with Crippen LogP contribution in [-0.2, 0) is 0 Å². The molecule has 0 unspecified atom stereocenters. The van der Waals surface area contributed by atoms with Gasteiger partial charge in [-0.25, -0.2) is 0 Å². The van der Waals surface area contributed by atoms with Crippen molar-refractivity contribution in [3.63, 3.8) is 0 Å². The van der Waals surface area contributed by atoms with Crippen molar-refractivity contribution < 1.29 is 15.0 Å². The first-order valence-corrected chi connectivity index (χ1v) is 5.33. The molecule has 17 heavy (non-hydrogen) atoms. The summed E-state index contributed by atoms with van der Waals surface area (Å²) in [7, 11) is 0. The number of hydrogen-bond acceptors (Lipinski definition) is 4. The third kappa shape index (κ3) is 2.94. The Labute approximate surface area is 101 Å². The van der Waals surface area contributed by atoms with Gasteiger partial charge in [-0.1, -0.05) is 0 Å². The van der Waals surface area contributed by atoms with E-state index in [9.17, 15) is 15.0 Å². The lowest BCUT2D eigenvalue weighted by atomic mass is 9.86. The van der Waals surface area contributed by atoms with Gasteiger partial charge in [-0.2, -0.15) is 0 Å². The van der Waals surface area contributed by atoms with Crippen molar-refractivity contribution >= 4 is 5.91 Å². The maximum Gasteiger partial charge on any atom is 0.255 e. The zero-order valence-electron chi connectivity index (χ0n) is 10.5. The third-order valence-corrected chi connectivity index (χ3v) is 3.00. The summed E-state index contributed by atoms with van der Waals surface area (Å²) in [5.41, 5.74) is -1.76. The monoisotopic (exact) mass is 238 g/mol. The summed E-state index contributed by atoms with van der Waals surface area (Å²) in [6.07, 6.45) is 2.62. The fourth-order valence-corrected chi connectivity index (χ4v) is 1.08. The summed E-state index contributed by atoms with van der Waals surface area (Å²) in [5, 5.41) is 22.1. The molecule has 3 N–H and O–H groups in total. The normalized spacial score (nSPS) is 12.3. The molecule has 0 aromatic carbocycles. The van der Waals surface area contributed by atoms with Crippen molar-refractivity contribution in [3.05, 3.63) is 24.0 Å². The highest BCUT2D eigenvalue weighted by Gasteiger charge is 2.36. The Hall–Kier alpha value is -1.62. The van der Waals surface area contributed by atoms with Crippen LogP contribution in [0.3, 0.4) is 0 Å². The first kappa shape index (κ1) is 13.4. The smallest absolute Gasteiger partial charge is 0.255 e. The number of aliphatic hydroxyl groups is 1. The molecule has 0 aliphatic rings. The molecule has 0 bridgehead atoms. The van der Waals surface area contributed by atoms with Crippen molar-refractivity contribution in [1.29, 1.82) is 0 Å². The quantitative estimate of drug-likeness (QED) is 0.735. The Morgan fingerprint density at radius 2 is 1.94 bits per heavy atom. The third-order valence-electron chi connectivity index (χ3n) is 3.00. The highest BCUT2D eigenvalue weighted by molar-refractivity contribution is 5.97. The van der Waals surface area contributed by atoms with Crippen LogP contribution in [0, 0.1) is 0 Å². The van der Waals surface area contributed by atoms with Gasteiger partial charge in [-0.3, -0.25) is 9.78 Å². The molecule has 1 heterocycles. The van der Waals surface area contributed by atoms with E-state index in [0.29, 0.717) is 0 Å². The van der Waals surface area contributed by atoms with Crippen molar-refractivity contribution in [3.8, 4) is 5.75 Å². The summed E-state index contributed by atoms with van der Waals surface area (Å²) >= 11 is 0. The predicted octanol–water partition coefficient (Wildman–Crippen LogP) is 1.07. The van der Waals surface area contributed by atoms with Crippen LogP contribution in [0.4, 0.5) is 0 Å². The Kier molecular flexibility index (Phi) is 3.43. The van der Waals surface area contributed by atoms with Crippen LogP contribution in [0.1, 0.15) is 38.1 Å². The summed E-state index contributed by atoms with van der Waals surface area (Å²) < 4.78 is 0. The Balaban J connectivity index is 2.92. The largest absolute Gasteiger partial charge is 0.505 e. The van der Waals surface area contributed by atoms with Crippen molar-refractivity contribution in [1.82, 2.24) is 10.3 Å². The maximum atomic E-state index is 11.9. The topological polar surface area (TPSA) is 82.5 Å². The molecule has 0 saturated carbocycles. The number of pyridine rings is 1. The van der Waals surface area contributed by atoms with Crippen LogP contribution in [0.25, 0.3) is 0 Å². The zero-order valence-corrected chi connectivity index (χ0v) is 10.5. The number of hydrogen-bond donors (Lipinski definition) is 3. The second-order valence-electron chi connectivity index (χ2n) is 5.03. The average molecular weight is 238 g/mol. The molecule has 1 aromatic rings. The molecular formula is C12H18N2O3. The lowest BCUT2D eigenvalue weighted by molar-refractivity contribution is -0.00298. The molecule has 0 aliphatic carbocycles. The van der Waals surface area contributed by atoms with E-state index in [1.807, 2.05) is 0 Å². The van der Waals surface area contributed by atoms with E-state index in [2.05, 4.69) is 10.3 Å². The van der Waals surface area contributed by atoms with Crippen LogP contribution < -0.4 is 5.32 Å². The molecule has 0 radical (unpaired) electrons. The number of carbonyl (C=O) groups is 1. The molecular weight excluding hydrogens is 220 g/mol. The van der Waals surface area contributed by atoms with Crippen LogP contribution >= 0.6 is 0 Å².